The zero-order valence-electron chi connectivity index (χ0n) is 17.0. The summed E-state index contributed by atoms with van der Waals surface area (Å²) >= 11 is 0. The van der Waals surface area contributed by atoms with Crippen molar-refractivity contribution in [1.29, 1.82) is 0 Å². The predicted molar refractivity (Wildman–Crippen MR) is 109 cm³/mol. The number of rotatable bonds is 6. The van der Waals surface area contributed by atoms with Gasteiger partial charge in [-0.3, -0.25) is 14.7 Å². The number of amides is 1. The minimum atomic E-state index is -0.950. The minimum Gasteiger partial charge on any atom is -0.386 e. The summed E-state index contributed by atoms with van der Waals surface area (Å²) in [6.45, 7) is 8.15. The first-order valence-electron chi connectivity index (χ1n) is 9.66. The molecule has 6 nitrogen and oxygen atoms in total. The van der Waals surface area contributed by atoms with E-state index in [0.717, 1.165) is 36.3 Å². The summed E-state index contributed by atoms with van der Waals surface area (Å²) in [5, 5.41) is 13.3. The van der Waals surface area contributed by atoms with Crippen molar-refractivity contribution in [3.8, 4) is 11.1 Å². The van der Waals surface area contributed by atoms with Gasteiger partial charge in [0.15, 0.2) is 0 Å². The molecular weight excluding hydrogens is 354 g/mol. The normalized spacial score (nSPS) is 20.3. The van der Waals surface area contributed by atoms with Gasteiger partial charge in [-0.25, -0.2) is 0 Å². The fraction of sp³-hybridized carbons (Fsp3) is 0.455. The van der Waals surface area contributed by atoms with E-state index in [9.17, 15) is 9.90 Å². The molecule has 2 N–H and O–H groups in total. The molecule has 1 aromatic heterocycles. The first kappa shape index (κ1) is 20.5. The standard InChI is InChI=1S/C22H29N3O3/c1-5-25-13-19(20(14-25)28-4)24-21(26)16-8-6-15(7-9-16)17-10-18(12-23-11-17)22(2,3)27/h6-12,19-20,27H,5,13-14H2,1-4H3,(H,24,26)/t19-,20-/m0/s1. The summed E-state index contributed by atoms with van der Waals surface area (Å²) in [4.78, 5) is 19.2. The van der Waals surface area contributed by atoms with Crippen molar-refractivity contribution >= 4 is 5.91 Å². The highest BCUT2D eigenvalue weighted by Gasteiger charge is 2.33. The fourth-order valence-electron chi connectivity index (χ4n) is 3.49. The molecule has 150 valence electrons. The largest absolute Gasteiger partial charge is 0.386 e. The number of likely N-dealkylation sites (tertiary alicyclic amines) is 1. The quantitative estimate of drug-likeness (QED) is 0.801. The lowest BCUT2D eigenvalue weighted by Gasteiger charge is -2.19. The van der Waals surface area contributed by atoms with E-state index in [1.807, 2.05) is 30.3 Å². The van der Waals surface area contributed by atoms with Gasteiger partial charge in [0.05, 0.1) is 17.7 Å². The molecule has 3 rings (SSSR count). The average Bonchev–Trinajstić information content (AvgIpc) is 3.09. The van der Waals surface area contributed by atoms with Crippen molar-refractivity contribution in [2.45, 2.75) is 38.5 Å². The summed E-state index contributed by atoms with van der Waals surface area (Å²) in [6.07, 6.45) is 3.43. The Morgan fingerprint density at radius 2 is 1.96 bits per heavy atom. The monoisotopic (exact) mass is 383 g/mol. The third-order valence-electron chi connectivity index (χ3n) is 5.33. The van der Waals surface area contributed by atoms with Gasteiger partial charge in [0.2, 0.25) is 0 Å². The van der Waals surface area contributed by atoms with Crippen LogP contribution in [-0.4, -0.2) is 59.8 Å². The number of nitrogens with one attached hydrogen (secondary N) is 1. The highest BCUT2D eigenvalue weighted by Crippen LogP contribution is 2.25. The number of pyridine rings is 1. The van der Waals surface area contributed by atoms with Gasteiger partial charge in [0.1, 0.15) is 0 Å². The zero-order chi connectivity index (χ0) is 20.3. The van der Waals surface area contributed by atoms with E-state index in [4.69, 9.17) is 4.74 Å². The van der Waals surface area contributed by atoms with Crippen LogP contribution in [-0.2, 0) is 10.3 Å². The molecule has 0 bridgehead atoms. The number of methoxy groups -OCH3 is 1. The number of nitrogens with zero attached hydrogens (tertiary/aromatic N) is 2. The fourth-order valence-corrected chi connectivity index (χ4v) is 3.49. The summed E-state index contributed by atoms with van der Waals surface area (Å²) in [5.41, 5.74) is 2.26. The Kier molecular flexibility index (Phi) is 6.13. The van der Waals surface area contributed by atoms with Crippen molar-refractivity contribution in [2.75, 3.05) is 26.7 Å². The Morgan fingerprint density at radius 3 is 2.57 bits per heavy atom. The van der Waals surface area contributed by atoms with E-state index in [2.05, 4.69) is 22.1 Å². The van der Waals surface area contributed by atoms with Crippen molar-refractivity contribution in [1.82, 2.24) is 15.2 Å². The Labute approximate surface area is 166 Å². The lowest BCUT2D eigenvalue weighted by Crippen LogP contribution is -2.43. The van der Waals surface area contributed by atoms with Gasteiger partial charge in [-0.05, 0) is 44.2 Å². The molecule has 0 aliphatic carbocycles. The van der Waals surface area contributed by atoms with E-state index >= 15 is 0 Å². The third-order valence-corrected chi connectivity index (χ3v) is 5.33. The van der Waals surface area contributed by atoms with Crippen molar-refractivity contribution < 1.29 is 14.6 Å². The molecule has 0 spiro atoms. The number of ether oxygens (including phenoxy) is 1. The maximum atomic E-state index is 12.7. The first-order valence-corrected chi connectivity index (χ1v) is 9.66. The Hall–Kier alpha value is -2.28. The van der Waals surface area contributed by atoms with Gasteiger partial charge in [-0.2, -0.15) is 0 Å². The smallest absolute Gasteiger partial charge is 0.251 e. The van der Waals surface area contributed by atoms with Crippen LogP contribution in [0.25, 0.3) is 11.1 Å². The minimum absolute atomic E-state index is 0.00945. The molecule has 0 unspecified atom stereocenters. The molecule has 1 saturated heterocycles. The topological polar surface area (TPSA) is 74.7 Å². The summed E-state index contributed by atoms with van der Waals surface area (Å²) < 4.78 is 5.52. The van der Waals surface area contributed by atoms with Crippen LogP contribution in [0.1, 0.15) is 36.7 Å². The molecule has 0 saturated carbocycles. The number of benzene rings is 1. The second kappa shape index (κ2) is 8.39. The maximum Gasteiger partial charge on any atom is 0.251 e. The summed E-state index contributed by atoms with van der Waals surface area (Å²) in [6, 6.07) is 9.35. The first-order chi connectivity index (χ1) is 13.3. The van der Waals surface area contributed by atoms with Crippen LogP contribution in [0.2, 0.25) is 0 Å². The zero-order valence-corrected chi connectivity index (χ0v) is 17.0. The Morgan fingerprint density at radius 1 is 1.25 bits per heavy atom. The number of aliphatic hydroxyl groups is 1. The van der Waals surface area contributed by atoms with Gasteiger partial charge < -0.3 is 15.2 Å². The molecule has 1 aliphatic heterocycles. The van der Waals surface area contributed by atoms with Gasteiger partial charge in [0.25, 0.3) is 5.91 Å². The van der Waals surface area contributed by atoms with Crippen molar-refractivity contribution in [2.24, 2.45) is 0 Å². The molecule has 1 aliphatic rings. The van der Waals surface area contributed by atoms with Crippen LogP contribution in [0.15, 0.2) is 42.7 Å². The van der Waals surface area contributed by atoms with E-state index in [-0.39, 0.29) is 18.1 Å². The number of hydrogen-bond donors (Lipinski definition) is 2. The SMILES string of the molecule is CCN1C[C@H](NC(=O)c2ccc(-c3cncc(C(C)(C)O)c3)cc2)[C@@H](OC)C1. The second-order valence-corrected chi connectivity index (χ2v) is 7.80. The van der Waals surface area contributed by atoms with E-state index in [1.165, 1.54) is 0 Å². The molecule has 2 atom stereocenters. The van der Waals surface area contributed by atoms with Crippen LogP contribution in [0, 0.1) is 0 Å². The Bertz CT molecular complexity index is 815. The van der Waals surface area contributed by atoms with Crippen molar-refractivity contribution in [3.05, 3.63) is 53.9 Å². The molecular formula is C22H29N3O3. The molecule has 28 heavy (non-hydrogen) atoms. The maximum absolute atomic E-state index is 12.7. The van der Waals surface area contributed by atoms with Gasteiger partial charge in [-0.1, -0.05) is 19.1 Å². The third kappa shape index (κ3) is 4.58. The van der Waals surface area contributed by atoms with Crippen LogP contribution in [0.4, 0.5) is 0 Å². The van der Waals surface area contributed by atoms with Crippen LogP contribution < -0.4 is 5.32 Å². The summed E-state index contributed by atoms with van der Waals surface area (Å²) in [5.74, 6) is -0.0973. The van der Waals surface area contributed by atoms with Gasteiger partial charge >= 0.3 is 0 Å². The number of carbonyl (C=O) groups excluding carboxylic acids is 1. The average molecular weight is 383 g/mol. The lowest BCUT2D eigenvalue weighted by atomic mass is 9.96. The van der Waals surface area contributed by atoms with Crippen molar-refractivity contribution in [3.63, 3.8) is 0 Å². The second-order valence-electron chi connectivity index (χ2n) is 7.80. The number of carbonyl (C=O) groups is 1. The Balaban J connectivity index is 1.71. The lowest BCUT2D eigenvalue weighted by molar-refractivity contribution is 0.0761. The molecule has 0 radical (unpaired) electrons. The van der Waals surface area contributed by atoms with Crippen LogP contribution in [0.5, 0.6) is 0 Å². The number of aromatic nitrogens is 1. The van der Waals surface area contributed by atoms with E-state index < -0.39 is 5.60 Å². The van der Waals surface area contributed by atoms with Gasteiger partial charge in [-0.15, -0.1) is 0 Å². The van der Waals surface area contributed by atoms with Crippen LogP contribution in [0.3, 0.4) is 0 Å². The highest BCUT2D eigenvalue weighted by molar-refractivity contribution is 5.95. The highest BCUT2D eigenvalue weighted by atomic mass is 16.5. The molecule has 1 amide bonds. The van der Waals surface area contributed by atoms with E-state index in [1.54, 1.807) is 33.4 Å². The number of hydrogen-bond acceptors (Lipinski definition) is 5. The predicted octanol–water partition coefficient (Wildman–Crippen LogP) is 2.42. The van der Waals surface area contributed by atoms with E-state index in [0.29, 0.717) is 5.56 Å². The van der Waals surface area contributed by atoms with Crippen LogP contribution >= 0.6 is 0 Å². The summed E-state index contributed by atoms with van der Waals surface area (Å²) in [7, 11) is 1.69. The molecule has 2 heterocycles. The molecule has 1 aromatic carbocycles. The molecule has 6 heteroatoms. The number of likely N-dealkylation sites (N-methyl/N-ethyl adjacent to an activating group) is 1. The van der Waals surface area contributed by atoms with Gasteiger partial charge in [0, 0.05) is 49.3 Å². The molecule has 2 aromatic rings. The molecule has 1 fully saturated rings.